The summed E-state index contributed by atoms with van der Waals surface area (Å²) < 4.78 is 17.3. The minimum atomic E-state index is -0.926. The van der Waals surface area contributed by atoms with Crippen LogP contribution in [0.4, 0.5) is 0 Å². The van der Waals surface area contributed by atoms with Crippen molar-refractivity contribution in [2.24, 2.45) is 10.1 Å². The zero-order valence-electron chi connectivity index (χ0n) is 18.8. The van der Waals surface area contributed by atoms with E-state index in [4.69, 9.17) is 14.2 Å². The minimum absolute atomic E-state index is 0.0227. The molecule has 0 radical (unpaired) electrons. The van der Waals surface area contributed by atoms with Gasteiger partial charge < -0.3 is 14.2 Å². The van der Waals surface area contributed by atoms with Crippen molar-refractivity contribution in [3.63, 3.8) is 0 Å². The summed E-state index contributed by atoms with van der Waals surface area (Å²) in [6.07, 6.45) is 5.57. The third-order valence-corrected chi connectivity index (χ3v) is 5.80. The molecule has 0 N–H and O–H groups in total. The highest BCUT2D eigenvalue weighted by Crippen LogP contribution is 2.41. The summed E-state index contributed by atoms with van der Waals surface area (Å²) in [5, 5.41) is 6.16. The molecule has 0 amide bonds. The zero-order valence-corrected chi connectivity index (χ0v) is 18.8. The molecule has 3 aliphatic heterocycles. The average Bonchev–Trinajstić information content (AvgIpc) is 3.36. The maximum atomic E-state index is 13.2. The zero-order chi connectivity index (χ0) is 23.0. The van der Waals surface area contributed by atoms with E-state index in [9.17, 15) is 4.79 Å². The summed E-state index contributed by atoms with van der Waals surface area (Å²) in [5.74, 6) is 2.86. The summed E-state index contributed by atoms with van der Waals surface area (Å²) in [7, 11) is 1.62. The van der Waals surface area contributed by atoms with E-state index in [2.05, 4.69) is 10.1 Å². The second-order valence-electron chi connectivity index (χ2n) is 8.56. The summed E-state index contributed by atoms with van der Waals surface area (Å²) in [5.41, 5.74) is 1.27. The third-order valence-electron chi connectivity index (χ3n) is 5.80. The maximum absolute atomic E-state index is 13.2. The van der Waals surface area contributed by atoms with Crippen molar-refractivity contribution in [3.8, 4) is 11.5 Å². The van der Waals surface area contributed by atoms with Gasteiger partial charge in [-0.15, -0.1) is 0 Å². The fraction of sp³-hybridized carbons (Fsp3) is 0.269. The molecule has 1 unspecified atom stereocenters. The van der Waals surface area contributed by atoms with Crippen molar-refractivity contribution < 1.29 is 19.0 Å². The SMILES string of the molecule is COc1ccc(C2=C(c3ccc(OCC4CN5N=CC=CC5=N4)cc3)C(=O)C(C)(C)O2)cc1. The number of ether oxygens (including phenoxy) is 3. The van der Waals surface area contributed by atoms with Crippen LogP contribution in [0, 0.1) is 0 Å². The molecule has 0 bridgehead atoms. The molecule has 0 spiro atoms. The summed E-state index contributed by atoms with van der Waals surface area (Å²) in [6, 6.07) is 15.1. The Morgan fingerprint density at radius 2 is 1.76 bits per heavy atom. The van der Waals surface area contributed by atoms with Crippen LogP contribution >= 0.6 is 0 Å². The van der Waals surface area contributed by atoms with Gasteiger partial charge in [-0.05, 0) is 68.0 Å². The molecule has 33 heavy (non-hydrogen) atoms. The first-order valence-electron chi connectivity index (χ1n) is 10.9. The standard InChI is InChI=1S/C26H25N3O4/c1-26(2)25(30)23(24(33-26)18-8-10-20(31-3)11-9-18)17-6-12-21(13-7-17)32-16-19-15-29-22(28-19)5-4-14-27-29/h4-14,19H,15-16H2,1-3H3. The molecule has 2 aromatic rings. The molecule has 7 nitrogen and oxygen atoms in total. The molecule has 1 atom stereocenters. The molecular weight excluding hydrogens is 418 g/mol. The fourth-order valence-electron chi connectivity index (χ4n) is 4.04. The number of hydrazone groups is 1. The number of benzene rings is 2. The number of amidine groups is 1. The van der Waals surface area contributed by atoms with Crippen molar-refractivity contribution in [1.82, 2.24) is 5.01 Å². The second kappa shape index (κ2) is 8.24. The number of hydrogen-bond acceptors (Lipinski definition) is 7. The fourth-order valence-corrected chi connectivity index (χ4v) is 4.04. The van der Waals surface area contributed by atoms with E-state index >= 15 is 0 Å². The number of Topliss-reactive ketones (excluding diaryl/α,β-unsaturated/α-hetero) is 1. The van der Waals surface area contributed by atoms with Gasteiger partial charge in [0.25, 0.3) is 0 Å². The molecule has 0 aliphatic carbocycles. The lowest BCUT2D eigenvalue weighted by Gasteiger charge is -2.17. The van der Waals surface area contributed by atoms with E-state index in [-0.39, 0.29) is 11.8 Å². The van der Waals surface area contributed by atoms with Gasteiger partial charge in [0.2, 0.25) is 5.78 Å². The molecule has 2 aromatic carbocycles. The minimum Gasteiger partial charge on any atom is -0.497 e. The van der Waals surface area contributed by atoms with Crippen molar-refractivity contribution in [2.45, 2.75) is 25.5 Å². The molecule has 0 saturated heterocycles. The van der Waals surface area contributed by atoms with E-state index in [0.29, 0.717) is 24.5 Å². The summed E-state index contributed by atoms with van der Waals surface area (Å²) in [4.78, 5) is 17.8. The summed E-state index contributed by atoms with van der Waals surface area (Å²) >= 11 is 0. The lowest BCUT2D eigenvalue weighted by molar-refractivity contribution is -0.125. The van der Waals surface area contributed by atoms with Gasteiger partial charge in [0.15, 0.2) is 5.60 Å². The Hall–Kier alpha value is -3.87. The molecule has 0 aromatic heterocycles. The van der Waals surface area contributed by atoms with Crippen molar-refractivity contribution in [2.75, 3.05) is 20.3 Å². The Balaban J connectivity index is 1.35. The van der Waals surface area contributed by atoms with Gasteiger partial charge in [-0.1, -0.05) is 12.1 Å². The highest BCUT2D eigenvalue weighted by atomic mass is 16.5. The van der Waals surface area contributed by atoms with Crippen LogP contribution in [-0.2, 0) is 9.53 Å². The number of hydrogen-bond donors (Lipinski definition) is 0. The van der Waals surface area contributed by atoms with Gasteiger partial charge in [-0.25, -0.2) is 5.01 Å². The van der Waals surface area contributed by atoms with Crippen LogP contribution in [-0.4, -0.2) is 54.7 Å². The van der Waals surface area contributed by atoms with E-state index in [0.717, 1.165) is 28.5 Å². The van der Waals surface area contributed by atoms with Gasteiger partial charge in [0, 0.05) is 11.8 Å². The van der Waals surface area contributed by atoms with Crippen molar-refractivity contribution >= 4 is 29.2 Å². The van der Waals surface area contributed by atoms with E-state index in [1.807, 2.05) is 65.7 Å². The van der Waals surface area contributed by atoms with Crippen LogP contribution in [0.15, 0.2) is 70.8 Å². The number of allylic oxidation sites excluding steroid dienone is 1. The van der Waals surface area contributed by atoms with Crippen LogP contribution in [0.25, 0.3) is 11.3 Å². The van der Waals surface area contributed by atoms with Crippen molar-refractivity contribution in [3.05, 3.63) is 71.8 Å². The number of rotatable bonds is 6. The number of methoxy groups -OCH3 is 1. The second-order valence-corrected chi connectivity index (χ2v) is 8.56. The van der Waals surface area contributed by atoms with E-state index in [1.165, 1.54) is 0 Å². The highest BCUT2D eigenvalue weighted by Gasteiger charge is 2.42. The van der Waals surface area contributed by atoms with Gasteiger partial charge in [-0.3, -0.25) is 9.79 Å². The Morgan fingerprint density at radius 1 is 1.06 bits per heavy atom. The Kier molecular flexibility index (Phi) is 5.24. The predicted octanol–water partition coefficient (Wildman–Crippen LogP) is 3.96. The first-order valence-corrected chi connectivity index (χ1v) is 10.9. The Morgan fingerprint density at radius 3 is 2.45 bits per heavy atom. The molecule has 0 saturated carbocycles. The van der Waals surface area contributed by atoms with Crippen LogP contribution in [0.2, 0.25) is 0 Å². The third kappa shape index (κ3) is 4.02. The van der Waals surface area contributed by atoms with Gasteiger partial charge in [0.05, 0.1) is 19.2 Å². The molecule has 7 heteroatoms. The molecule has 3 heterocycles. The first kappa shape index (κ1) is 21.0. The lowest BCUT2D eigenvalue weighted by atomic mass is 9.92. The number of aliphatic imine (C=N–C) groups is 1. The van der Waals surface area contributed by atoms with Gasteiger partial charge in [0.1, 0.15) is 35.7 Å². The average molecular weight is 444 g/mol. The predicted molar refractivity (Wildman–Crippen MR) is 127 cm³/mol. The number of fused-ring (bicyclic) bond motifs is 1. The van der Waals surface area contributed by atoms with E-state index in [1.54, 1.807) is 27.2 Å². The quantitative estimate of drug-likeness (QED) is 0.676. The van der Waals surface area contributed by atoms with Crippen LogP contribution in [0.5, 0.6) is 11.5 Å². The molecule has 3 aliphatic rings. The lowest BCUT2D eigenvalue weighted by Crippen LogP contribution is -2.29. The topological polar surface area (TPSA) is 72.7 Å². The smallest absolute Gasteiger partial charge is 0.210 e. The Bertz CT molecular complexity index is 1190. The Labute approximate surface area is 192 Å². The maximum Gasteiger partial charge on any atom is 0.210 e. The largest absolute Gasteiger partial charge is 0.497 e. The number of carbonyl (C=O) groups excluding carboxylic acids is 1. The summed E-state index contributed by atoms with van der Waals surface area (Å²) in [6.45, 7) is 4.74. The van der Waals surface area contributed by atoms with E-state index < -0.39 is 5.60 Å². The van der Waals surface area contributed by atoms with Crippen LogP contribution in [0.3, 0.4) is 0 Å². The number of nitrogens with zero attached hydrogens (tertiary/aromatic N) is 3. The van der Waals surface area contributed by atoms with Crippen LogP contribution < -0.4 is 9.47 Å². The normalized spacial score (nSPS) is 20.6. The van der Waals surface area contributed by atoms with Gasteiger partial charge >= 0.3 is 0 Å². The van der Waals surface area contributed by atoms with Crippen molar-refractivity contribution in [1.29, 1.82) is 0 Å². The molecule has 168 valence electrons. The molecular formula is C26H25N3O4. The van der Waals surface area contributed by atoms with Gasteiger partial charge in [-0.2, -0.15) is 5.10 Å². The molecule has 0 fully saturated rings. The monoisotopic (exact) mass is 443 g/mol. The van der Waals surface area contributed by atoms with Crippen LogP contribution in [0.1, 0.15) is 25.0 Å². The number of ketones is 1. The highest BCUT2D eigenvalue weighted by molar-refractivity contribution is 6.32. The molecule has 5 rings (SSSR count). The number of carbonyl (C=O) groups is 1. The first-order chi connectivity index (χ1) is 15.9.